The quantitative estimate of drug-likeness (QED) is 0.706. The van der Waals surface area contributed by atoms with Gasteiger partial charge in [0.05, 0.1) is 5.69 Å². The van der Waals surface area contributed by atoms with E-state index >= 15 is 0 Å². The van der Waals surface area contributed by atoms with Crippen LogP contribution in [0.1, 0.15) is 5.56 Å². The number of hydrogen-bond acceptors (Lipinski definition) is 2. The zero-order valence-electron chi connectivity index (χ0n) is 7.53. The molecule has 2 aromatic rings. The van der Waals surface area contributed by atoms with Crippen LogP contribution in [0, 0.1) is 10.9 Å². The summed E-state index contributed by atoms with van der Waals surface area (Å²) in [6.45, 7) is 2.08. The minimum absolute atomic E-state index is 0.875. The summed E-state index contributed by atoms with van der Waals surface area (Å²) in [6, 6.07) is 6.14. The molecule has 0 N–H and O–H groups in total. The summed E-state index contributed by atoms with van der Waals surface area (Å²) in [5.41, 5.74) is 2.35. The highest BCUT2D eigenvalue weighted by Gasteiger charge is 2.05. The van der Waals surface area contributed by atoms with Gasteiger partial charge in [0.2, 0.25) is 0 Å². The van der Waals surface area contributed by atoms with E-state index in [2.05, 4.69) is 28.9 Å². The van der Waals surface area contributed by atoms with E-state index in [1.165, 1.54) is 5.56 Å². The van der Waals surface area contributed by atoms with Gasteiger partial charge in [-0.05, 0) is 46.7 Å². The van der Waals surface area contributed by atoms with Crippen molar-refractivity contribution in [1.82, 2.24) is 4.57 Å². The molecular formula is C10H8BrNS2. The van der Waals surface area contributed by atoms with Crippen LogP contribution in [0.5, 0.6) is 0 Å². The lowest BCUT2D eigenvalue weighted by molar-refractivity contribution is 1.04. The van der Waals surface area contributed by atoms with Crippen LogP contribution in [0.3, 0.4) is 0 Å². The van der Waals surface area contributed by atoms with Crippen LogP contribution in [-0.2, 0) is 0 Å². The maximum absolute atomic E-state index is 5.25. The van der Waals surface area contributed by atoms with Gasteiger partial charge in [-0.3, -0.25) is 4.57 Å². The summed E-state index contributed by atoms with van der Waals surface area (Å²) in [5, 5.41) is 2.00. The Balaban J connectivity index is 2.74. The van der Waals surface area contributed by atoms with Crippen molar-refractivity contribution in [1.29, 1.82) is 0 Å². The number of aryl methyl sites for hydroxylation is 1. The standard InChI is InChI=1S/C10H8BrNS2/c1-7-3-2-4-8(11)9(7)12-5-6-14-10(12)13/h2-6H,1H3. The predicted molar refractivity (Wildman–Crippen MR) is 66.9 cm³/mol. The lowest BCUT2D eigenvalue weighted by Crippen LogP contribution is -1.95. The van der Waals surface area contributed by atoms with E-state index in [0.717, 1.165) is 14.1 Å². The van der Waals surface area contributed by atoms with Gasteiger partial charge in [-0.15, -0.1) is 11.3 Å². The second-order valence-corrected chi connectivity index (χ2v) is 5.34. The van der Waals surface area contributed by atoms with Crippen LogP contribution in [0.25, 0.3) is 5.69 Å². The molecule has 0 aliphatic heterocycles. The highest BCUT2D eigenvalue weighted by molar-refractivity contribution is 9.10. The first-order chi connectivity index (χ1) is 6.70. The third-order valence-corrected chi connectivity index (χ3v) is 3.79. The number of nitrogens with zero attached hydrogens (tertiary/aromatic N) is 1. The molecule has 0 bridgehead atoms. The highest BCUT2D eigenvalue weighted by Crippen LogP contribution is 2.25. The van der Waals surface area contributed by atoms with Crippen LogP contribution in [0.4, 0.5) is 0 Å². The topological polar surface area (TPSA) is 4.93 Å². The number of hydrogen-bond donors (Lipinski definition) is 0. The normalized spacial score (nSPS) is 10.4. The Morgan fingerprint density at radius 1 is 1.43 bits per heavy atom. The summed E-state index contributed by atoms with van der Waals surface area (Å²) in [7, 11) is 0. The molecule has 4 heteroatoms. The summed E-state index contributed by atoms with van der Waals surface area (Å²) in [6.07, 6.45) is 2.00. The first-order valence-electron chi connectivity index (χ1n) is 4.12. The Hall–Kier alpha value is -0.450. The van der Waals surface area contributed by atoms with E-state index in [1.807, 2.05) is 28.3 Å². The molecule has 0 amide bonds. The Morgan fingerprint density at radius 2 is 2.21 bits per heavy atom. The summed E-state index contributed by atoms with van der Waals surface area (Å²) >= 11 is 10.4. The van der Waals surface area contributed by atoms with Gasteiger partial charge < -0.3 is 0 Å². The Bertz CT molecular complexity index is 493. The van der Waals surface area contributed by atoms with E-state index in [0.29, 0.717) is 0 Å². The summed E-state index contributed by atoms with van der Waals surface area (Å²) < 4.78 is 3.98. The zero-order chi connectivity index (χ0) is 10.1. The average Bonchev–Trinajstić information content (AvgIpc) is 2.52. The average molecular weight is 286 g/mol. The number of rotatable bonds is 1. The highest BCUT2D eigenvalue weighted by atomic mass is 79.9. The van der Waals surface area contributed by atoms with Gasteiger partial charge in [-0.2, -0.15) is 0 Å². The molecule has 72 valence electrons. The third kappa shape index (κ3) is 1.69. The van der Waals surface area contributed by atoms with Crippen molar-refractivity contribution < 1.29 is 0 Å². The van der Waals surface area contributed by atoms with Gasteiger partial charge in [0.25, 0.3) is 0 Å². The second kappa shape index (κ2) is 3.96. The third-order valence-electron chi connectivity index (χ3n) is 2.00. The smallest absolute Gasteiger partial charge is 0.165 e. The van der Waals surface area contributed by atoms with Crippen molar-refractivity contribution in [2.45, 2.75) is 6.92 Å². The molecule has 0 unspecified atom stereocenters. The van der Waals surface area contributed by atoms with E-state index in [-0.39, 0.29) is 0 Å². The number of thiazole rings is 1. The van der Waals surface area contributed by atoms with Crippen LogP contribution in [-0.4, -0.2) is 4.57 Å². The van der Waals surface area contributed by atoms with E-state index in [4.69, 9.17) is 12.2 Å². The van der Waals surface area contributed by atoms with E-state index < -0.39 is 0 Å². The van der Waals surface area contributed by atoms with Crippen molar-refractivity contribution in [2.75, 3.05) is 0 Å². The predicted octanol–water partition coefficient (Wildman–Crippen LogP) is 4.34. The van der Waals surface area contributed by atoms with Crippen LogP contribution in [0.2, 0.25) is 0 Å². The molecule has 2 rings (SSSR count). The summed E-state index contributed by atoms with van der Waals surface area (Å²) in [5.74, 6) is 0. The number of aromatic nitrogens is 1. The number of benzene rings is 1. The molecule has 1 heterocycles. The molecule has 14 heavy (non-hydrogen) atoms. The maximum Gasteiger partial charge on any atom is 0.165 e. The van der Waals surface area contributed by atoms with Crippen molar-refractivity contribution in [3.8, 4) is 5.69 Å². The molecule has 0 radical (unpaired) electrons. The lowest BCUT2D eigenvalue weighted by atomic mass is 10.2. The minimum Gasteiger partial charge on any atom is -0.298 e. The lowest BCUT2D eigenvalue weighted by Gasteiger charge is -2.08. The van der Waals surface area contributed by atoms with Crippen molar-refractivity contribution in [3.05, 3.63) is 43.8 Å². The first kappa shape index (κ1) is 10.1. The zero-order valence-corrected chi connectivity index (χ0v) is 10.7. The minimum atomic E-state index is 0.875. The van der Waals surface area contributed by atoms with Crippen molar-refractivity contribution in [3.63, 3.8) is 0 Å². The van der Waals surface area contributed by atoms with Gasteiger partial charge in [-0.1, -0.05) is 12.1 Å². The number of halogens is 1. The summed E-state index contributed by atoms with van der Waals surface area (Å²) in [4.78, 5) is 0. The molecular weight excluding hydrogens is 278 g/mol. The van der Waals surface area contributed by atoms with E-state index in [9.17, 15) is 0 Å². The molecule has 0 aliphatic carbocycles. The molecule has 0 aliphatic rings. The molecule has 0 atom stereocenters. The fourth-order valence-electron chi connectivity index (χ4n) is 1.36. The van der Waals surface area contributed by atoms with Crippen molar-refractivity contribution >= 4 is 39.5 Å². The molecule has 1 nitrogen and oxygen atoms in total. The molecule has 0 saturated heterocycles. The Morgan fingerprint density at radius 3 is 2.79 bits per heavy atom. The van der Waals surface area contributed by atoms with Crippen LogP contribution in [0.15, 0.2) is 34.2 Å². The molecule has 1 aromatic heterocycles. The fourth-order valence-corrected chi connectivity index (χ4v) is 2.90. The van der Waals surface area contributed by atoms with Gasteiger partial charge in [0.1, 0.15) is 0 Å². The molecule has 0 fully saturated rings. The molecule has 1 aromatic carbocycles. The van der Waals surface area contributed by atoms with Gasteiger partial charge in [0.15, 0.2) is 3.95 Å². The molecule has 0 saturated carbocycles. The largest absolute Gasteiger partial charge is 0.298 e. The second-order valence-electron chi connectivity index (χ2n) is 2.94. The van der Waals surface area contributed by atoms with Gasteiger partial charge in [-0.25, -0.2) is 0 Å². The Labute approximate surface area is 100 Å². The monoisotopic (exact) mass is 285 g/mol. The molecule has 0 spiro atoms. The first-order valence-corrected chi connectivity index (χ1v) is 6.20. The van der Waals surface area contributed by atoms with Crippen LogP contribution >= 0.6 is 39.5 Å². The fraction of sp³-hybridized carbons (Fsp3) is 0.100. The van der Waals surface area contributed by atoms with Gasteiger partial charge in [0, 0.05) is 16.0 Å². The van der Waals surface area contributed by atoms with Gasteiger partial charge >= 0.3 is 0 Å². The Kier molecular flexibility index (Phi) is 2.85. The number of para-hydroxylation sites is 1. The van der Waals surface area contributed by atoms with Crippen LogP contribution < -0.4 is 0 Å². The van der Waals surface area contributed by atoms with Crippen molar-refractivity contribution in [2.24, 2.45) is 0 Å². The SMILES string of the molecule is Cc1cccc(Br)c1-n1ccsc1=S. The van der Waals surface area contributed by atoms with E-state index in [1.54, 1.807) is 11.3 Å². The maximum atomic E-state index is 5.25.